The van der Waals surface area contributed by atoms with Crippen LogP contribution < -0.4 is 5.32 Å². The predicted octanol–water partition coefficient (Wildman–Crippen LogP) is 3.80. The Labute approximate surface area is 96.9 Å². The van der Waals surface area contributed by atoms with Crippen LogP contribution in [-0.2, 0) is 0 Å². The van der Waals surface area contributed by atoms with Gasteiger partial charge < -0.3 is 5.32 Å². The molecule has 0 aromatic carbocycles. The second kappa shape index (κ2) is 3.72. The van der Waals surface area contributed by atoms with Crippen molar-refractivity contribution in [3.63, 3.8) is 0 Å². The van der Waals surface area contributed by atoms with Crippen LogP contribution in [0.2, 0.25) is 0 Å². The number of thiophene rings is 1. The van der Waals surface area contributed by atoms with E-state index in [9.17, 15) is 0 Å². The van der Waals surface area contributed by atoms with Gasteiger partial charge in [0.05, 0.1) is 10.6 Å². The van der Waals surface area contributed by atoms with Gasteiger partial charge in [0.1, 0.15) is 5.17 Å². The summed E-state index contributed by atoms with van der Waals surface area (Å²) in [6, 6.07) is 0. The number of anilines is 1. The van der Waals surface area contributed by atoms with Gasteiger partial charge in [-0.1, -0.05) is 37.0 Å². The lowest BCUT2D eigenvalue weighted by Crippen LogP contribution is -2.18. The van der Waals surface area contributed by atoms with E-state index in [1.807, 2.05) is 0 Å². The minimum atomic E-state index is -0.443. The molecule has 2 heterocycles. The fourth-order valence-corrected chi connectivity index (χ4v) is 3.07. The number of nitrogens with zero attached hydrogens (tertiary/aromatic N) is 1. The summed E-state index contributed by atoms with van der Waals surface area (Å²) in [5.41, 5.74) is 1.86. The zero-order valence-electron chi connectivity index (χ0n) is 7.84. The SMILES string of the molecule is CC(C)c1csc2c1NC(Cl)N=C2Cl. The second-order valence-electron chi connectivity index (χ2n) is 3.45. The van der Waals surface area contributed by atoms with Crippen LogP contribution in [0, 0.1) is 0 Å². The standard InChI is InChI=1S/C9H10Cl2N2S/c1-4(2)5-3-14-7-6(5)12-9(11)13-8(7)10/h3-4,9,12H,1-2H3. The molecule has 1 aliphatic heterocycles. The van der Waals surface area contributed by atoms with Gasteiger partial charge in [-0.2, -0.15) is 0 Å². The largest absolute Gasteiger partial charge is 0.350 e. The third-order valence-corrected chi connectivity index (χ3v) is 3.73. The number of rotatable bonds is 1. The molecular weight excluding hydrogens is 239 g/mol. The summed E-state index contributed by atoms with van der Waals surface area (Å²) in [5, 5.41) is 5.74. The van der Waals surface area contributed by atoms with Crippen molar-refractivity contribution in [1.82, 2.24) is 0 Å². The van der Waals surface area contributed by atoms with E-state index in [-0.39, 0.29) is 0 Å². The van der Waals surface area contributed by atoms with Crippen molar-refractivity contribution in [3.05, 3.63) is 15.8 Å². The summed E-state index contributed by atoms with van der Waals surface area (Å²) in [5.74, 6) is 0.467. The number of hydrogen-bond acceptors (Lipinski definition) is 3. The van der Waals surface area contributed by atoms with E-state index in [4.69, 9.17) is 23.2 Å². The van der Waals surface area contributed by atoms with E-state index in [0.29, 0.717) is 11.1 Å². The summed E-state index contributed by atoms with van der Waals surface area (Å²) < 4.78 is 0. The lowest BCUT2D eigenvalue weighted by atomic mass is 10.0. The second-order valence-corrected chi connectivity index (χ2v) is 5.10. The van der Waals surface area contributed by atoms with E-state index in [1.165, 1.54) is 5.56 Å². The van der Waals surface area contributed by atoms with Crippen molar-refractivity contribution in [2.45, 2.75) is 25.4 Å². The molecule has 0 saturated heterocycles. The smallest absolute Gasteiger partial charge is 0.197 e. The van der Waals surface area contributed by atoms with Crippen molar-refractivity contribution in [3.8, 4) is 0 Å². The van der Waals surface area contributed by atoms with Gasteiger partial charge in [-0.15, -0.1) is 11.3 Å². The number of aliphatic imine (C=N–C) groups is 1. The first kappa shape index (κ1) is 10.3. The Balaban J connectivity index is 2.49. The first-order chi connectivity index (χ1) is 6.59. The lowest BCUT2D eigenvalue weighted by Gasteiger charge is -2.18. The maximum Gasteiger partial charge on any atom is 0.197 e. The van der Waals surface area contributed by atoms with Crippen LogP contribution in [0.4, 0.5) is 5.69 Å². The maximum atomic E-state index is 6.00. The van der Waals surface area contributed by atoms with Crippen molar-refractivity contribution < 1.29 is 0 Å². The van der Waals surface area contributed by atoms with E-state index in [2.05, 4.69) is 29.5 Å². The predicted molar refractivity (Wildman–Crippen MR) is 64.1 cm³/mol. The van der Waals surface area contributed by atoms with Crippen LogP contribution in [0.25, 0.3) is 0 Å². The zero-order valence-corrected chi connectivity index (χ0v) is 10.2. The van der Waals surface area contributed by atoms with E-state index >= 15 is 0 Å². The molecule has 2 nitrogen and oxygen atoms in total. The first-order valence-electron chi connectivity index (χ1n) is 4.35. The minimum Gasteiger partial charge on any atom is -0.350 e. The average Bonchev–Trinajstić information content (AvgIpc) is 2.47. The van der Waals surface area contributed by atoms with Gasteiger partial charge in [-0.25, -0.2) is 4.99 Å². The van der Waals surface area contributed by atoms with E-state index in [0.717, 1.165) is 10.6 Å². The van der Waals surface area contributed by atoms with Gasteiger partial charge in [0, 0.05) is 0 Å². The monoisotopic (exact) mass is 248 g/mol. The highest BCUT2D eigenvalue weighted by molar-refractivity contribution is 7.15. The Kier molecular flexibility index (Phi) is 2.73. The molecule has 0 saturated carbocycles. The molecule has 1 N–H and O–H groups in total. The minimum absolute atomic E-state index is 0.443. The Morgan fingerprint density at radius 1 is 1.57 bits per heavy atom. The Bertz CT molecular complexity index is 384. The Hall–Kier alpha value is -0.250. The normalized spacial score (nSPS) is 20.4. The van der Waals surface area contributed by atoms with Gasteiger partial charge in [-0.3, -0.25) is 0 Å². The fraction of sp³-hybridized carbons (Fsp3) is 0.444. The molecule has 1 atom stereocenters. The molecule has 0 fully saturated rings. The first-order valence-corrected chi connectivity index (χ1v) is 6.04. The number of nitrogens with one attached hydrogen (secondary N) is 1. The lowest BCUT2D eigenvalue weighted by molar-refractivity contribution is 0.867. The summed E-state index contributed by atoms with van der Waals surface area (Å²) >= 11 is 13.5. The average molecular weight is 249 g/mol. The molecule has 5 heteroatoms. The van der Waals surface area contributed by atoms with Crippen LogP contribution in [0.1, 0.15) is 30.2 Å². The molecule has 1 aromatic rings. The van der Waals surface area contributed by atoms with Gasteiger partial charge in [0.2, 0.25) is 0 Å². The Morgan fingerprint density at radius 2 is 2.29 bits per heavy atom. The molecule has 14 heavy (non-hydrogen) atoms. The highest BCUT2D eigenvalue weighted by atomic mass is 35.5. The molecule has 2 rings (SSSR count). The Morgan fingerprint density at radius 3 is 2.93 bits per heavy atom. The number of hydrogen-bond donors (Lipinski definition) is 1. The van der Waals surface area contributed by atoms with Gasteiger partial charge in [0.15, 0.2) is 5.62 Å². The van der Waals surface area contributed by atoms with Crippen molar-refractivity contribution in [1.29, 1.82) is 0 Å². The van der Waals surface area contributed by atoms with Crippen molar-refractivity contribution in [2.24, 2.45) is 4.99 Å². The zero-order chi connectivity index (χ0) is 10.3. The topological polar surface area (TPSA) is 24.4 Å². The van der Waals surface area contributed by atoms with E-state index in [1.54, 1.807) is 11.3 Å². The highest BCUT2D eigenvalue weighted by Gasteiger charge is 2.23. The van der Waals surface area contributed by atoms with Crippen LogP contribution in [-0.4, -0.2) is 10.8 Å². The van der Waals surface area contributed by atoms with E-state index < -0.39 is 5.62 Å². The van der Waals surface area contributed by atoms with Crippen LogP contribution in [0.15, 0.2) is 10.4 Å². The molecule has 1 aliphatic rings. The summed E-state index contributed by atoms with van der Waals surface area (Å²) in [6.45, 7) is 4.29. The van der Waals surface area contributed by atoms with Crippen LogP contribution >= 0.6 is 34.5 Å². The van der Waals surface area contributed by atoms with Crippen molar-refractivity contribution in [2.75, 3.05) is 5.32 Å². The molecule has 76 valence electrons. The maximum absolute atomic E-state index is 6.00. The number of alkyl halides is 1. The molecule has 0 spiro atoms. The molecule has 1 aromatic heterocycles. The number of fused-ring (bicyclic) bond motifs is 1. The van der Waals surface area contributed by atoms with Crippen LogP contribution in [0.5, 0.6) is 0 Å². The summed E-state index contributed by atoms with van der Waals surface area (Å²) in [7, 11) is 0. The molecule has 0 bridgehead atoms. The molecular formula is C9H10Cl2N2S. The molecule has 1 unspecified atom stereocenters. The third kappa shape index (κ3) is 1.64. The van der Waals surface area contributed by atoms with Gasteiger partial charge in [-0.05, 0) is 16.9 Å². The highest BCUT2D eigenvalue weighted by Crippen LogP contribution is 2.37. The summed E-state index contributed by atoms with van der Waals surface area (Å²) in [6.07, 6.45) is 0. The van der Waals surface area contributed by atoms with Crippen LogP contribution in [0.3, 0.4) is 0 Å². The van der Waals surface area contributed by atoms with Gasteiger partial charge >= 0.3 is 0 Å². The van der Waals surface area contributed by atoms with Crippen molar-refractivity contribution >= 4 is 45.4 Å². The molecule has 0 radical (unpaired) electrons. The third-order valence-electron chi connectivity index (χ3n) is 2.12. The quantitative estimate of drug-likeness (QED) is 0.594. The number of halogens is 2. The van der Waals surface area contributed by atoms with Gasteiger partial charge in [0.25, 0.3) is 0 Å². The fourth-order valence-electron chi connectivity index (χ4n) is 1.41. The molecule has 0 amide bonds. The molecule has 0 aliphatic carbocycles. The summed E-state index contributed by atoms with van der Waals surface area (Å²) in [4.78, 5) is 5.04.